The lowest BCUT2D eigenvalue weighted by atomic mass is 10.0. The molecule has 0 saturated carbocycles. The third-order valence-corrected chi connectivity index (χ3v) is 8.41. The molecule has 2 amide bonds. The first-order valence-corrected chi connectivity index (χ1v) is 12.3. The number of carbonyl (C=O) groups excluding carboxylic acids is 2. The van der Waals surface area contributed by atoms with Crippen LogP contribution in [0, 0.1) is 24.0 Å². The lowest BCUT2D eigenvalue weighted by Crippen LogP contribution is -2.70. The van der Waals surface area contributed by atoms with Gasteiger partial charge in [0, 0.05) is 11.5 Å². The number of rotatable bonds is 8. The van der Waals surface area contributed by atoms with E-state index < -0.39 is 34.1 Å². The van der Waals surface area contributed by atoms with Gasteiger partial charge in [-0.15, -0.1) is 22.0 Å². The Morgan fingerprint density at radius 3 is 2.76 bits per heavy atom. The number of hydrogen-bond donors (Lipinski definition) is 2. The molecule has 0 bridgehead atoms. The number of fused-ring (bicyclic) bond motifs is 1. The summed E-state index contributed by atoms with van der Waals surface area (Å²) in [6, 6.07) is -0.886. The third kappa shape index (κ3) is 4.45. The zero-order valence-electron chi connectivity index (χ0n) is 17.2. The number of nitrogens with one attached hydrogen (secondary N) is 1. The van der Waals surface area contributed by atoms with Gasteiger partial charge in [0.1, 0.15) is 40.6 Å². The lowest BCUT2D eigenvalue weighted by molar-refractivity contribution is -0.385. The molecule has 2 aliphatic heterocycles. The number of β-lactam (4-membered cyclic amide) rings is 1. The van der Waals surface area contributed by atoms with Crippen LogP contribution >= 0.6 is 34.9 Å². The average molecular weight is 512 g/mol. The summed E-state index contributed by atoms with van der Waals surface area (Å²) in [5, 5.41) is 35.3. The molecule has 0 radical (unpaired) electrons. The van der Waals surface area contributed by atoms with E-state index in [9.17, 15) is 29.6 Å². The quantitative estimate of drug-likeness (QED) is 0.222. The first-order chi connectivity index (χ1) is 15.7. The van der Waals surface area contributed by atoms with Crippen molar-refractivity contribution >= 4 is 58.3 Å². The van der Waals surface area contributed by atoms with Crippen molar-refractivity contribution in [2.45, 2.75) is 36.1 Å². The summed E-state index contributed by atoms with van der Waals surface area (Å²) in [5.74, 6) is -1.54. The van der Waals surface area contributed by atoms with Crippen LogP contribution in [0.5, 0.6) is 0 Å². The SMILES string of the molecule is Cc1nnc(SCC2=C(C(=O)O)N3C(=O)[C@@H](NC(=O)Cn4ncc([N+](=O)[O-])c4C)[C@H]3SC2)s1. The van der Waals surface area contributed by atoms with E-state index in [2.05, 4.69) is 20.6 Å². The predicted molar refractivity (Wildman–Crippen MR) is 119 cm³/mol. The molecule has 0 aliphatic carbocycles. The van der Waals surface area contributed by atoms with Gasteiger partial charge in [-0.05, 0) is 19.4 Å². The van der Waals surface area contributed by atoms with Gasteiger partial charge in [-0.2, -0.15) is 5.10 Å². The normalized spacial score (nSPS) is 19.8. The number of thioether (sulfide) groups is 2. The summed E-state index contributed by atoms with van der Waals surface area (Å²) in [6.45, 7) is 3.00. The van der Waals surface area contributed by atoms with Gasteiger partial charge in [-0.25, -0.2) is 4.79 Å². The highest BCUT2D eigenvalue weighted by Gasteiger charge is 2.54. The van der Waals surface area contributed by atoms with E-state index in [1.165, 1.54) is 51.4 Å². The summed E-state index contributed by atoms with van der Waals surface area (Å²) < 4.78 is 1.89. The van der Waals surface area contributed by atoms with Gasteiger partial charge in [-0.3, -0.25) is 29.3 Å². The van der Waals surface area contributed by atoms with Crippen molar-refractivity contribution in [3.05, 3.63) is 38.3 Å². The van der Waals surface area contributed by atoms with E-state index in [1.807, 2.05) is 6.92 Å². The zero-order chi connectivity index (χ0) is 23.9. The minimum absolute atomic E-state index is 0.0680. The molecule has 1 saturated heterocycles. The molecular weight excluding hydrogens is 494 g/mol. The maximum Gasteiger partial charge on any atom is 0.352 e. The van der Waals surface area contributed by atoms with E-state index in [-0.39, 0.29) is 23.6 Å². The topological polar surface area (TPSA) is 173 Å². The minimum Gasteiger partial charge on any atom is -0.477 e. The molecule has 16 heteroatoms. The second-order valence-corrected chi connectivity index (χ2v) is 10.6. The predicted octanol–water partition coefficient (Wildman–Crippen LogP) is 0.791. The molecule has 2 N–H and O–H groups in total. The van der Waals surface area contributed by atoms with Crippen molar-refractivity contribution in [3.8, 4) is 0 Å². The largest absolute Gasteiger partial charge is 0.477 e. The van der Waals surface area contributed by atoms with Crippen molar-refractivity contribution in [2.24, 2.45) is 0 Å². The molecule has 0 spiro atoms. The number of amides is 2. The smallest absolute Gasteiger partial charge is 0.352 e. The Kier molecular flexibility index (Phi) is 6.40. The molecule has 2 aliphatic rings. The van der Waals surface area contributed by atoms with Gasteiger partial charge >= 0.3 is 11.7 Å². The number of hydrogen-bond acceptors (Lipinski definition) is 11. The highest BCUT2D eigenvalue weighted by Crippen LogP contribution is 2.41. The van der Waals surface area contributed by atoms with Crippen molar-refractivity contribution in [1.29, 1.82) is 0 Å². The first kappa shape index (κ1) is 23.2. The average Bonchev–Trinajstić information content (AvgIpc) is 3.34. The van der Waals surface area contributed by atoms with Gasteiger partial charge in [0.2, 0.25) is 5.91 Å². The number of nitrogens with zero attached hydrogens (tertiary/aromatic N) is 6. The van der Waals surface area contributed by atoms with Gasteiger partial charge in [0.05, 0.1) is 4.92 Å². The van der Waals surface area contributed by atoms with E-state index in [4.69, 9.17) is 0 Å². The van der Waals surface area contributed by atoms with E-state index in [1.54, 1.807) is 0 Å². The lowest BCUT2D eigenvalue weighted by Gasteiger charge is -2.49. The van der Waals surface area contributed by atoms with Crippen molar-refractivity contribution in [1.82, 2.24) is 30.2 Å². The Labute approximate surface area is 198 Å². The van der Waals surface area contributed by atoms with Crippen LogP contribution < -0.4 is 5.32 Å². The highest BCUT2D eigenvalue weighted by atomic mass is 32.2. The van der Waals surface area contributed by atoms with Crippen molar-refractivity contribution in [3.63, 3.8) is 0 Å². The molecule has 0 aromatic carbocycles. The Bertz CT molecular complexity index is 1190. The number of carboxylic acids is 1. The first-order valence-electron chi connectivity index (χ1n) is 9.46. The van der Waals surface area contributed by atoms with Crippen LogP contribution in [-0.4, -0.2) is 75.6 Å². The second-order valence-electron chi connectivity index (χ2n) is 7.12. The summed E-state index contributed by atoms with van der Waals surface area (Å²) in [6.07, 6.45) is 1.06. The minimum atomic E-state index is -1.21. The molecule has 0 unspecified atom stereocenters. The van der Waals surface area contributed by atoms with Gasteiger partial charge in [0.15, 0.2) is 4.34 Å². The molecular formula is C17H17N7O6S3. The zero-order valence-corrected chi connectivity index (χ0v) is 19.7. The van der Waals surface area contributed by atoms with E-state index in [0.717, 1.165) is 11.2 Å². The van der Waals surface area contributed by atoms with E-state index in [0.29, 0.717) is 21.4 Å². The van der Waals surface area contributed by atoms with Crippen LogP contribution in [0.25, 0.3) is 0 Å². The molecule has 4 heterocycles. The fourth-order valence-corrected chi connectivity index (χ4v) is 6.71. The van der Waals surface area contributed by atoms with E-state index >= 15 is 0 Å². The molecule has 4 rings (SSSR count). The molecule has 2 aromatic rings. The van der Waals surface area contributed by atoms with Gasteiger partial charge < -0.3 is 10.4 Å². The fraction of sp³-hybridized carbons (Fsp3) is 0.412. The highest BCUT2D eigenvalue weighted by molar-refractivity contribution is 8.01. The van der Waals surface area contributed by atoms with Gasteiger partial charge in [0.25, 0.3) is 5.91 Å². The summed E-state index contributed by atoms with van der Waals surface area (Å²) in [5.41, 5.74) is 0.537. The monoisotopic (exact) mass is 511 g/mol. The summed E-state index contributed by atoms with van der Waals surface area (Å²) in [7, 11) is 0. The maximum atomic E-state index is 12.7. The van der Waals surface area contributed by atoms with Crippen molar-refractivity contribution in [2.75, 3.05) is 11.5 Å². The third-order valence-electron chi connectivity index (χ3n) is 5.01. The van der Waals surface area contributed by atoms with Crippen LogP contribution in [0.3, 0.4) is 0 Å². The molecule has 13 nitrogen and oxygen atoms in total. The number of aryl methyl sites for hydroxylation is 1. The Morgan fingerprint density at radius 1 is 1.39 bits per heavy atom. The summed E-state index contributed by atoms with van der Waals surface area (Å²) in [4.78, 5) is 48.7. The number of nitro groups is 1. The Hall–Kier alpha value is -2.98. The van der Waals surface area contributed by atoms with Gasteiger partial charge in [-0.1, -0.05) is 23.1 Å². The van der Waals surface area contributed by atoms with Crippen LogP contribution in [0.15, 0.2) is 21.8 Å². The van der Waals surface area contributed by atoms with Crippen LogP contribution in [-0.2, 0) is 20.9 Å². The maximum absolute atomic E-state index is 12.7. The number of aliphatic carboxylic acids is 1. The molecule has 2 aromatic heterocycles. The van der Waals surface area contributed by atoms with Crippen LogP contribution in [0.4, 0.5) is 5.69 Å². The Balaban J connectivity index is 1.42. The molecule has 174 valence electrons. The number of carbonyl (C=O) groups is 3. The fourth-order valence-electron chi connectivity index (χ4n) is 3.41. The van der Waals surface area contributed by atoms with Crippen LogP contribution in [0.1, 0.15) is 10.7 Å². The second kappa shape index (κ2) is 9.11. The molecule has 2 atom stereocenters. The number of aromatic nitrogens is 4. The standard InChI is InChI=1S/C17H17N7O6S3/c1-7-10(24(29)30)3-18-22(7)4-11(25)19-12-14(26)23-13(16(27)28)9(5-31-15(12)23)6-32-17-21-20-8(2)33-17/h3,12,15H,4-6H2,1-2H3,(H,19,25)(H,27,28)/t12-,15-/m1/s1. The summed E-state index contributed by atoms with van der Waals surface area (Å²) >= 11 is 4.13. The molecule has 33 heavy (non-hydrogen) atoms. The Morgan fingerprint density at radius 2 is 2.15 bits per heavy atom. The van der Waals surface area contributed by atoms with Crippen LogP contribution in [0.2, 0.25) is 0 Å². The number of carboxylic acid groups (broad SMARTS) is 1. The molecule has 1 fully saturated rings. The van der Waals surface area contributed by atoms with Crippen molar-refractivity contribution < 1.29 is 24.4 Å².